The van der Waals surface area contributed by atoms with Crippen molar-refractivity contribution in [1.29, 1.82) is 0 Å². The average molecular weight is 372 g/mol. The summed E-state index contributed by atoms with van der Waals surface area (Å²) in [5.41, 5.74) is 5.87. The van der Waals surface area contributed by atoms with Crippen LogP contribution in [0.15, 0.2) is 0 Å². The van der Waals surface area contributed by atoms with E-state index in [0.29, 0.717) is 25.8 Å². The van der Waals surface area contributed by atoms with Crippen LogP contribution in [0.2, 0.25) is 0 Å². The van der Waals surface area contributed by atoms with Gasteiger partial charge < -0.3 is 16.0 Å². The fourth-order valence-electron chi connectivity index (χ4n) is 3.37. The van der Waals surface area contributed by atoms with Crippen LogP contribution in [0.25, 0.3) is 0 Å². The third-order valence-electron chi connectivity index (χ3n) is 4.79. The third-order valence-corrected chi connectivity index (χ3v) is 4.79. The Morgan fingerprint density at radius 3 is 2.29 bits per heavy atom. The summed E-state index contributed by atoms with van der Waals surface area (Å²) in [6.45, 7) is 0.638. The number of nitrogens with zero attached hydrogens (tertiary/aromatic N) is 1. The lowest BCUT2D eigenvalue weighted by Crippen LogP contribution is -2.47. The number of likely N-dealkylation sites (tertiary alicyclic amines) is 1. The maximum atomic E-state index is 12.4. The number of alkyl halides is 3. The molecule has 9 heteroatoms. The lowest BCUT2D eigenvalue weighted by molar-refractivity contribution is -0.186. The van der Waals surface area contributed by atoms with Gasteiger partial charge in [-0.1, -0.05) is 6.42 Å². The minimum Gasteiger partial charge on any atom is -0.356 e. The first-order valence-corrected chi connectivity index (χ1v) is 8.16. The van der Waals surface area contributed by atoms with E-state index >= 15 is 0 Å². The maximum absolute atomic E-state index is 12.4. The Bertz CT molecular complexity index is 440. The van der Waals surface area contributed by atoms with Gasteiger partial charge in [0, 0.05) is 31.6 Å². The second-order valence-corrected chi connectivity index (χ2v) is 6.60. The molecule has 0 bridgehead atoms. The molecule has 2 atom stereocenters. The Morgan fingerprint density at radius 1 is 1.12 bits per heavy atom. The molecule has 140 valence electrons. The molecule has 1 aliphatic heterocycles. The highest BCUT2D eigenvalue weighted by Crippen LogP contribution is 2.25. The van der Waals surface area contributed by atoms with Crippen molar-refractivity contribution in [3.63, 3.8) is 0 Å². The largest absolute Gasteiger partial charge is 0.471 e. The van der Waals surface area contributed by atoms with Gasteiger partial charge in [-0.3, -0.25) is 9.59 Å². The van der Waals surface area contributed by atoms with Crippen LogP contribution < -0.4 is 11.1 Å². The predicted octanol–water partition coefficient (Wildman–Crippen LogP) is 1.84. The van der Waals surface area contributed by atoms with Crippen molar-refractivity contribution >= 4 is 24.2 Å². The van der Waals surface area contributed by atoms with Gasteiger partial charge in [0.05, 0.1) is 0 Å². The number of carbonyl (C=O) groups is 2. The van der Waals surface area contributed by atoms with Crippen LogP contribution in [0.1, 0.15) is 38.5 Å². The monoisotopic (exact) mass is 371 g/mol. The Labute approximate surface area is 145 Å². The van der Waals surface area contributed by atoms with Gasteiger partial charge in [0.1, 0.15) is 0 Å². The van der Waals surface area contributed by atoms with Crippen molar-refractivity contribution in [1.82, 2.24) is 10.2 Å². The Balaban J connectivity index is 0.00000288. The van der Waals surface area contributed by atoms with Crippen LogP contribution in [0.4, 0.5) is 13.2 Å². The number of rotatable bonds is 3. The molecule has 3 N–H and O–H groups in total. The van der Waals surface area contributed by atoms with Gasteiger partial charge in [0.25, 0.3) is 0 Å². The molecule has 2 unspecified atom stereocenters. The highest BCUT2D eigenvalue weighted by Gasteiger charge is 2.43. The van der Waals surface area contributed by atoms with Gasteiger partial charge in [0.15, 0.2) is 0 Å². The lowest BCUT2D eigenvalue weighted by Gasteiger charge is -2.33. The molecular formula is C15H25ClF3N3O2. The summed E-state index contributed by atoms with van der Waals surface area (Å²) in [6.07, 6.45) is -0.394. The number of hydrogen-bond donors (Lipinski definition) is 2. The van der Waals surface area contributed by atoms with Crippen molar-refractivity contribution < 1.29 is 22.8 Å². The van der Waals surface area contributed by atoms with Gasteiger partial charge in [-0.25, -0.2) is 0 Å². The highest BCUT2D eigenvalue weighted by atomic mass is 35.5. The molecule has 0 aromatic rings. The summed E-state index contributed by atoms with van der Waals surface area (Å²) >= 11 is 0. The number of carbonyl (C=O) groups excluding carboxylic acids is 2. The second kappa shape index (κ2) is 8.89. The van der Waals surface area contributed by atoms with Gasteiger partial charge >= 0.3 is 12.1 Å². The van der Waals surface area contributed by atoms with Crippen molar-refractivity contribution in [3.05, 3.63) is 0 Å². The molecule has 1 heterocycles. The van der Waals surface area contributed by atoms with E-state index in [1.807, 2.05) is 0 Å². The molecule has 2 rings (SSSR count). The van der Waals surface area contributed by atoms with Crippen LogP contribution >= 0.6 is 12.4 Å². The molecule has 1 saturated carbocycles. The first-order valence-electron chi connectivity index (χ1n) is 8.16. The van der Waals surface area contributed by atoms with E-state index in [1.54, 1.807) is 0 Å². The van der Waals surface area contributed by atoms with Crippen LogP contribution in [0, 0.1) is 11.8 Å². The van der Waals surface area contributed by atoms with E-state index in [9.17, 15) is 22.8 Å². The highest BCUT2D eigenvalue weighted by molar-refractivity contribution is 5.85. The molecule has 2 aliphatic rings. The summed E-state index contributed by atoms with van der Waals surface area (Å²) in [5.74, 6) is -1.70. The van der Waals surface area contributed by atoms with Crippen LogP contribution in [-0.2, 0) is 9.59 Å². The SMILES string of the molecule is Cl.NC1CCCC(C(=O)NCC2CCN(C(=O)C(F)(F)F)CC2)C1. The molecule has 1 aliphatic carbocycles. The summed E-state index contributed by atoms with van der Waals surface area (Å²) in [6, 6.07) is 0.0797. The predicted molar refractivity (Wildman–Crippen MR) is 85.6 cm³/mol. The van der Waals surface area contributed by atoms with Crippen molar-refractivity contribution in [2.24, 2.45) is 17.6 Å². The molecule has 0 aromatic heterocycles. The number of halogens is 4. The molecule has 2 fully saturated rings. The van der Waals surface area contributed by atoms with Crippen molar-refractivity contribution in [2.75, 3.05) is 19.6 Å². The summed E-state index contributed by atoms with van der Waals surface area (Å²) in [5, 5.41) is 2.90. The van der Waals surface area contributed by atoms with Crippen LogP contribution in [0.3, 0.4) is 0 Å². The third kappa shape index (κ3) is 5.81. The minimum atomic E-state index is -4.80. The molecule has 0 spiro atoms. The van der Waals surface area contributed by atoms with Gasteiger partial charge in [-0.15, -0.1) is 12.4 Å². The molecule has 1 saturated heterocycles. The summed E-state index contributed by atoms with van der Waals surface area (Å²) < 4.78 is 37.1. The summed E-state index contributed by atoms with van der Waals surface area (Å²) in [7, 11) is 0. The van der Waals surface area contributed by atoms with Crippen molar-refractivity contribution in [2.45, 2.75) is 50.7 Å². The minimum absolute atomic E-state index is 0. The fraction of sp³-hybridized carbons (Fsp3) is 0.867. The molecule has 0 radical (unpaired) electrons. The maximum Gasteiger partial charge on any atom is 0.471 e. The van der Waals surface area contributed by atoms with E-state index in [0.717, 1.165) is 24.2 Å². The molecule has 5 nitrogen and oxygen atoms in total. The van der Waals surface area contributed by atoms with E-state index in [2.05, 4.69) is 5.32 Å². The fourth-order valence-corrected chi connectivity index (χ4v) is 3.37. The Hall–Kier alpha value is -1.02. The number of piperidine rings is 1. The van der Waals surface area contributed by atoms with E-state index in [-0.39, 0.29) is 49.3 Å². The van der Waals surface area contributed by atoms with Gasteiger partial charge in [0.2, 0.25) is 5.91 Å². The Kier molecular flexibility index (Phi) is 7.79. The molecule has 24 heavy (non-hydrogen) atoms. The first-order chi connectivity index (χ1) is 10.8. The average Bonchev–Trinajstić information content (AvgIpc) is 2.51. The molecular weight excluding hydrogens is 347 g/mol. The van der Waals surface area contributed by atoms with E-state index in [4.69, 9.17) is 5.73 Å². The quantitative estimate of drug-likeness (QED) is 0.795. The number of nitrogens with one attached hydrogen (secondary N) is 1. The van der Waals surface area contributed by atoms with Gasteiger partial charge in [-0.2, -0.15) is 13.2 Å². The number of nitrogens with two attached hydrogens (primary N) is 1. The van der Waals surface area contributed by atoms with E-state index < -0.39 is 12.1 Å². The van der Waals surface area contributed by atoms with Gasteiger partial charge in [-0.05, 0) is 38.0 Å². The standard InChI is InChI=1S/C15H24F3N3O2.ClH/c16-15(17,18)14(23)21-6-4-10(5-7-21)9-20-13(22)11-2-1-3-12(19)8-11;/h10-12H,1-9,19H2,(H,20,22);1H. The Morgan fingerprint density at radius 2 is 1.75 bits per heavy atom. The lowest BCUT2D eigenvalue weighted by atomic mass is 9.85. The van der Waals surface area contributed by atoms with Crippen molar-refractivity contribution in [3.8, 4) is 0 Å². The zero-order valence-corrected chi connectivity index (χ0v) is 14.3. The zero-order chi connectivity index (χ0) is 17.0. The first kappa shape index (κ1) is 21.0. The smallest absolute Gasteiger partial charge is 0.356 e. The molecule has 0 aromatic carbocycles. The number of amides is 2. The summed E-state index contributed by atoms with van der Waals surface area (Å²) in [4.78, 5) is 24.1. The normalized spacial score (nSPS) is 25.8. The molecule has 2 amide bonds. The topological polar surface area (TPSA) is 75.4 Å². The van der Waals surface area contributed by atoms with Crippen LogP contribution in [-0.4, -0.2) is 48.6 Å². The zero-order valence-electron chi connectivity index (χ0n) is 13.5. The van der Waals surface area contributed by atoms with E-state index in [1.165, 1.54) is 0 Å². The van der Waals surface area contributed by atoms with Crippen LogP contribution in [0.5, 0.6) is 0 Å². The second-order valence-electron chi connectivity index (χ2n) is 6.60. The number of hydrogen-bond acceptors (Lipinski definition) is 3.